The van der Waals surface area contributed by atoms with Crippen molar-refractivity contribution >= 4 is 16.9 Å². The zero-order valence-corrected chi connectivity index (χ0v) is 14.6. The Labute approximate surface area is 152 Å². The molecule has 0 aliphatic heterocycles. The van der Waals surface area contributed by atoms with Gasteiger partial charge in [0.05, 0.1) is 17.2 Å². The smallest absolute Gasteiger partial charge is 0.406 e. The van der Waals surface area contributed by atoms with Crippen molar-refractivity contribution in [1.29, 1.82) is 0 Å². The number of hydrogen-bond acceptors (Lipinski definition) is 5. The first-order chi connectivity index (χ1) is 12.7. The lowest BCUT2D eigenvalue weighted by Gasteiger charge is -2.15. The molecule has 1 aromatic carbocycles. The highest BCUT2D eigenvalue weighted by Gasteiger charge is 2.30. The molecule has 3 rings (SSSR count). The van der Waals surface area contributed by atoms with Gasteiger partial charge in [-0.2, -0.15) is 0 Å². The average Bonchev–Trinajstić information content (AvgIpc) is 2.59. The Morgan fingerprint density at radius 1 is 1.19 bits per heavy atom. The van der Waals surface area contributed by atoms with Crippen molar-refractivity contribution in [2.24, 2.45) is 0 Å². The van der Waals surface area contributed by atoms with Crippen molar-refractivity contribution in [3.8, 4) is 5.75 Å². The van der Waals surface area contributed by atoms with Crippen molar-refractivity contribution < 1.29 is 17.9 Å². The number of nitrogens with one attached hydrogen (secondary N) is 1. The molecule has 0 bridgehead atoms. The van der Waals surface area contributed by atoms with E-state index >= 15 is 0 Å². The minimum atomic E-state index is -4.73. The zero-order valence-electron chi connectivity index (χ0n) is 14.6. The molecular weight excluding hydrogens is 361 g/mol. The van der Waals surface area contributed by atoms with Gasteiger partial charge >= 0.3 is 6.36 Å². The molecule has 0 saturated carbocycles. The number of pyridine rings is 1. The van der Waals surface area contributed by atoms with E-state index < -0.39 is 6.36 Å². The lowest BCUT2D eigenvalue weighted by Crippen LogP contribution is -2.27. The summed E-state index contributed by atoms with van der Waals surface area (Å²) in [4.78, 5) is 21.1. The largest absolute Gasteiger partial charge is 0.573 e. The Kier molecular flexibility index (Phi) is 5.02. The molecule has 2 aromatic heterocycles. The van der Waals surface area contributed by atoms with Gasteiger partial charge in [-0.25, -0.2) is 4.98 Å². The maximum Gasteiger partial charge on any atom is 0.573 e. The van der Waals surface area contributed by atoms with E-state index in [1.807, 2.05) is 13.8 Å². The summed E-state index contributed by atoms with van der Waals surface area (Å²) >= 11 is 0. The van der Waals surface area contributed by atoms with Gasteiger partial charge in [0.2, 0.25) is 0 Å². The molecule has 0 unspecified atom stereocenters. The number of anilines is 1. The van der Waals surface area contributed by atoms with Gasteiger partial charge in [0.1, 0.15) is 5.75 Å². The molecule has 2 heterocycles. The minimum Gasteiger partial charge on any atom is -0.406 e. The first-order valence-corrected chi connectivity index (χ1v) is 8.19. The molecule has 0 amide bonds. The summed E-state index contributed by atoms with van der Waals surface area (Å²) in [7, 11) is 0. The Hall–Kier alpha value is -3.10. The summed E-state index contributed by atoms with van der Waals surface area (Å²) < 4.78 is 42.0. The van der Waals surface area contributed by atoms with Crippen LogP contribution in [0.5, 0.6) is 5.75 Å². The van der Waals surface area contributed by atoms with Gasteiger partial charge in [0, 0.05) is 18.8 Å². The molecule has 27 heavy (non-hydrogen) atoms. The van der Waals surface area contributed by atoms with Crippen LogP contribution < -0.4 is 15.6 Å². The number of ether oxygens (including phenoxy) is 1. The van der Waals surface area contributed by atoms with E-state index in [-0.39, 0.29) is 29.7 Å². The minimum absolute atomic E-state index is 0.0912. The van der Waals surface area contributed by atoms with Gasteiger partial charge in [-0.3, -0.25) is 14.3 Å². The third kappa shape index (κ3) is 4.36. The first kappa shape index (κ1) is 18.7. The number of aromatic nitrogens is 3. The first-order valence-electron chi connectivity index (χ1n) is 8.19. The van der Waals surface area contributed by atoms with E-state index in [0.717, 1.165) is 0 Å². The lowest BCUT2D eigenvalue weighted by molar-refractivity contribution is -0.274. The molecule has 3 aromatic rings. The number of alkyl halides is 3. The van der Waals surface area contributed by atoms with E-state index in [1.54, 1.807) is 23.0 Å². The van der Waals surface area contributed by atoms with Crippen molar-refractivity contribution in [3.05, 3.63) is 58.6 Å². The second-order valence-electron chi connectivity index (χ2n) is 6.14. The number of benzene rings is 1. The van der Waals surface area contributed by atoms with Crippen LogP contribution in [0.2, 0.25) is 0 Å². The molecular formula is C18H17F3N4O2. The van der Waals surface area contributed by atoms with Crippen LogP contribution in [0.4, 0.5) is 19.0 Å². The van der Waals surface area contributed by atoms with Crippen LogP contribution in [-0.4, -0.2) is 20.9 Å². The lowest BCUT2D eigenvalue weighted by atomic mass is 10.2. The summed E-state index contributed by atoms with van der Waals surface area (Å²) in [5, 5.41) is 2.96. The topological polar surface area (TPSA) is 69.0 Å². The number of halogens is 3. The maximum atomic E-state index is 12.7. The summed E-state index contributed by atoms with van der Waals surface area (Å²) in [5.41, 5.74) is 1.64. The van der Waals surface area contributed by atoms with Crippen LogP contribution >= 0.6 is 0 Å². The van der Waals surface area contributed by atoms with Crippen LogP contribution in [0.1, 0.15) is 25.5 Å². The summed E-state index contributed by atoms with van der Waals surface area (Å²) in [6.07, 6.45) is -1.55. The zero-order chi connectivity index (χ0) is 19.6. The third-order valence-electron chi connectivity index (χ3n) is 3.82. The summed E-state index contributed by atoms with van der Waals surface area (Å²) in [6, 6.07) is 7.03. The van der Waals surface area contributed by atoms with E-state index in [4.69, 9.17) is 0 Å². The van der Waals surface area contributed by atoms with Gasteiger partial charge in [-0.05, 0) is 37.6 Å². The average molecular weight is 378 g/mol. The highest BCUT2D eigenvalue weighted by molar-refractivity contribution is 5.75. The van der Waals surface area contributed by atoms with Crippen molar-refractivity contribution in [1.82, 2.24) is 14.5 Å². The summed E-state index contributed by atoms with van der Waals surface area (Å²) in [5.74, 6) is -0.136. The van der Waals surface area contributed by atoms with Crippen LogP contribution in [0.3, 0.4) is 0 Å². The standard InChI is InChI=1S/C18H17F3N4O2/c1-11(2)25-15-10-22-8-7-14(15)24-16(17(25)26)23-9-12-3-5-13(6-4-12)27-18(19,20)21/h3-8,10-11H,9H2,1-2H3,(H,23,24). The van der Waals surface area contributed by atoms with E-state index in [1.165, 1.54) is 24.3 Å². The maximum absolute atomic E-state index is 12.7. The Morgan fingerprint density at radius 2 is 1.89 bits per heavy atom. The van der Waals surface area contributed by atoms with Gasteiger partial charge in [-0.1, -0.05) is 12.1 Å². The monoisotopic (exact) mass is 378 g/mol. The van der Waals surface area contributed by atoms with Crippen molar-refractivity contribution in [2.45, 2.75) is 32.8 Å². The fourth-order valence-corrected chi connectivity index (χ4v) is 2.67. The Balaban J connectivity index is 1.83. The number of fused-ring (bicyclic) bond motifs is 1. The van der Waals surface area contributed by atoms with Gasteiger partial charge in [-0.15, -0.1) is 13.2 Å². The van der Waals surface area contributed by atoms with E-state index in [9.17, 15) is 18.0 Å². The number of rotatable bonds is 5. The molecule has 142 valence electrons. The number of hydrogen-bond donors (Lipinski definition) is 1. The number of nitrogens with zero attached hydrogens (tertiary/aromatic N) is 3. The Morgan fingerprint density at radius 3 is 2.52 bits per heavy atom. The molecule has 0 atom stereocenters. The predicted molar refractivity (Wildman–Crippen MR) is 94.6 cm³/mol. The fourth-order valence-electron chi connectivity index (χ4n) is 2.67. The van der Waals surface area contributed by atoms with Crippen LogP contribution in [0.25, 0.3) is 11.0 Å². The second kappa shape index (κ2) is 7.26. The molecule has 9 heteroatoms. The molecule has 0 radical (unpaired) electrons. The molecule has 0 aliphatic carbocycles. The third-order valence-corrected chi connectivity index (χ3v) is 3.82. The van der Waals surface area contributed by atoms with Crippen LogP contribution in [0, 0.1) is 0 Å². The molecule has 0 saturated heterocycles. The fraction of sp³-hybridized carbons (Fsp3) is 0.278. The van der Waals surface area contributed by atoms with Crippen molar-refractivity contribution in [2.75, 3.05) is 5.32 Å². The van der Waals surface area contributed by atoms with Gasteiger partial charge < -0.3 is 10.1 Å². The van der Waals surface area contributed by atoms with E-state index in [0.29, 0.717) is 16.6 Å². The second-order valence-corrected chi connectivity index (χ2v) is 6.14. The SMILES string of the molecule is CC(C)n1c(=O)c(NCc2ccc(OC(F)(F)F)cc2)nc2ccncc21. The molecule has 0 fully saturated rings. The van der Waals surface area contributed by atoms with Crippen molar-refractivity contribution in [3.63, 3.8) is 0 Å². The van der Waals surface area contributed by atoms with Crippen LogP contribution in [0.15, 0.2) is 47.5 Å². The molecule has 1 N–H and O–H groups in total. The quantitative estimate of drug-likeness (QED) is 0.730. The summed E-state index contributed by atoms with van der Waals surface area (Å²) in [6.45, 7) is 4.00. The Bertz CT molecular complexity index is 998. The highest BCUT2D eigenvalue weighted by Crippen LogP contribution is 2.23. The molecule has 0 spiro atoms. The highest BCUT2D eigenvalue weighted by atomic mass is 19.4. The van der Waals surface area contributed by atoms with E-state index in [2.05, 4.69) is 20.0 Å². The predicted octanol–water partition coefficient (Wildman–Crippen LogP) is 3.88. The molecule has 6 nitrogen and oxygen atoms in total. The molecule has 0 aliphatic rings. The van der Waals surface area contributed by atoms with Crippen LogP contribution in [-0.2, 0) is 6.54 Å². The van der Waals surface area contributed by atoms with Gasteiger partial charge in [0.15, 0.2) is 5.82 Å². The normalized spacial score (nSPS) is 11.8. The van der Waals surface area contributed by atoms with Gasteiger partial charge in [0.25, 0.3) is 5.56 Å².